The Labute approximate surface area is 341 Å². The van der Waals surface area contributed by atoms with Crippen LogP contribution < -0.4 is 26.7 Å². The highest BCUT2D eigenvalue weighted by Crippen LogP contribution is 2.30. The van der Waals surface area contributed by atoms with E-state index in [9.17, 15) is 29.1 Å². The Balaban J connectivity index is 1.21. The van der Waals surface area contributed by atoms with Gasteiger partial charge < -0.3 is 49.7 Å². The zero-order chi connectivity index (χ0) is 42.2. The Morgan fingerprint density at radius 3 is 2.68 bits per heavy atom. The molecule has 2 aromatic rings. The zero-order valence-electron chi connectivity index (χ0n) is 33.6. The Morgan fingerprint density at radius 2 is 1.93 bits per heavy atom. The number of nitrogens with two attached hydrogens (primary N) is 1. The first-order valence-electron chi connectivity index (χ1n) is 19.7. The molecule has 4 heterocycles. The van der Waals surface area contributed by atoms with Gasteiger partial charge in [-0.1, -0.05) is 43.9 Å². The van der Waals surface area contributed by atoms with E-state index >= 15 is 0 Å². The molecular formula is C44H50N4O11. The van der Waals surface area contributed by atoms with Crippen molar-refractivity contribution < 1.29 is 47.6 Å². The van der Waals surface area contributed by atoms with Crippen molar-refractivity contribution in [1.82, 2.24) is 10.6 Å². The number of aliphatic hydroxyl groups excluding tert-OH is 1. The Kier molecular flexibility index (Phi) is 13.9. The number of hydrogen-bond acceptors (Lipinski definition) is 13. The smallest absolute Gasteiger partial charge is 0.405 e. The number of nitrogens with zero attached hydrogens (tertiary/aromatic N) is 1. The minimum Gasteiger partial charge on any atom is -0.476 e. The number of primary amides is 1. The van der Waals surface area contributed by atoms with E-state index in [0.29, 0.717) is 80.1 Å². The van der Waals surface area contributed by atoms with Gasteiger partial charge in [0.15, 0.2) is 34.9 Å². The predicted molar refractivity (Wildman–Crippen MR) is 218 cm³/mol. The lowest BCUT2D eigenvalue weighted by Gasteiger charge is -2.30. The van der Waals surface area contributed by atoms with Crippen molar-refractivity contribution in [1.29, 1.82) is 0 Å². The van der Waals surface area contributed by atoms with E-state index in [2.05, 4.69) is 22.5 Å². The molecule has 312 valence electrons. The van der Waals surface area contributed by atoms with Gasteiger partial charge >= 0.3 is 6.09 Å². The van der Waals surface area contributed by atoms with Gasteiger partial charge in [0.2, 0.25) is 11.6 Å². The highest BCUT2D eigenvalue weighted by atomic mass is 16.6. The predicted octanol–water partition coefficient (Wildman–Crippen LogP) is 3.45. The van der Waals surface area contributed by atoms with Crippen LogP contribution in [-0.4, -0.2) is 93.0 Å². The molecule has 0 spiro atoms. The second-order valence-corrected chi connectivity index (χ2v) is 15.1. The number of carbonyl (C=O) groups is 4. The summed E-state index contributed by atoms with van der Waals surface area (Å²) in [5.41, 5.74) is 6.82. The van der Waals surface area contributed by atoms with E-state index in [-0.39, 0.29) is 40.5 Å². The number of anilines is 1. The molecule has 6 atom stereocenters. The van der Waals surface area contributed by atoms with Crippen LogP contribution in [0.1, 0.15) is 52.0 Å². The quantitative estimate of drug-likeness (QED) is 0.137. The molecule has 59 heavy (non-hydrogen) atoms. The van der Waals surface area contributed by atoms with Gasteiger partial charge in [-0.2, -0.15) is 0 Å². The summed E-state index contributed by atoms with van der Waals surface area (Å²) < 4.78 is 28.7. The van der Waals surface area contributed by atoms with Crippen LogP contribution in [0.4, 0.5) is 10.7 Å². The Bertz CT molecular complexity index is 2250. The van der Waals surface area contributed by atoms with E-state index in [0.717, 1.165) is 6.08 Å². The fourth-order valence-electron chi connectivity index (χ4n) is 7.57. The number of rotatable bonds is 7. The number of aliphatic hydroxyl groups is 1. The van der Waals surface area contributed by atoms with Gasteiger partial charge in [-0.05, 0) is 62.0 Å². The van der Waals surface area contributed by atoms with E-state index in [4.69, 9.17) is 29.1 Å². The molecule has 1 aromatic heterocycles. The molecule has 1 saturated heterocycles. The Morgan fingerprint density at radius 1 is 1.15 bits per heavy atom. The average molecular weight is 811 g/mol. The number of unbranched alkanes of at least 4 members (excludes halogenated alkanes) is 1. The van der Waals surface area contributed by atoms with Gasteiger partial charge in [-0.3, -0.25) is 19.2 Å². The van der Waals surface area contributed by atoms with E-state index in [1.54, 1.807) is 50.3 Å². The number of methoxy groups -OCH3 is 1. The minimum absolute atomic E-state index is 0.112. The molecule has 5 N–H and O–H groups in total. The number of ether oxygens (including phenoxy) is 4. The topological polar surface area (TPSA) is 209 Å². The van der Waals surface area contributed by atoms with Crippen molar-refractivity contribution in [2.75, 3.05) is 44.9 Å². The Hall–Kier alpha value is -5.95. The summed E-state index contributed by atoms with van der Waals surface area (Å²) in [6.45, 7) is 7.99. The van der Waals surface area contributed by atoms with E-state index in [1.807, 2.05) is 11.8 Å². The summed E-state index contributed by atoms with van der Waals surface area (Å²) in [6.07, 6.45) is 3.95. The van der Waals surface area contributed by atoms with E-state index in [1.165, 1.54) is 19.3 Å². The number of amides is 2. The summed E-state index contributed by atoms with van der Waals surface area (Å²) >= 11 is 0. The van der Waals surface area contributed by atoms with Crippen molar-refractivity contribution in [3.63, 3.8) is 0 Å². The molecule has 15 nitrogen and oxygen atoms in total. The van der Waals surface area contributed by atoms with Crippen molar-refractivity contribution in [3.05, 3.63) is 98.7 Å². The molecular weight excluding hydrogens is 761 g/mol. The highest BCUT2D eigenvalue weighted by molar-refractivity contribution is 6.23. The molecule has 1 aliphatic carbocycles. The highest BCUT2D eigenvalue weighted by Gasteiger charge is 2.36. The van der Waals surface area contributed by atoms with Crippen LogP contribution in [-0.2, 0) is 33.3 Å². The molecule has 2 amide bonds. The van der Waals surface area contributed by atoms with Crippen molar-refractivity contribution in [2.45, 2.75) is 70.9 Å². The lowest BCUT2D eigenvalue weighted by atomic mass is 9.85. The van der Waals surface area contributed by atoms with Gasteiger partial charge in [0.1, 0.15) is 0 Å². The second-order valence-electron chi connectivity index (χ2n) is 15.1. The SMILES string of the molecule is CO[C@@H]1C[C@H](C)CC2=C(NCCCC#Cc3cccc4c(=O)cc(N5CCOCC5)oc34)C(=O)C=C(NC(=O)C3=CC=C[C@H](O3)[C@@H](OC(N)=O)/C(C)=C/[C@H](C)[C@H]1O)C2=O. The standard InChI is InChI=1S/C44H50N4O11/c1-25-20-30-38(46-15-7-5-6-10-28-11-8-12-29-32(49)24-37(58-42(28)29)48-16-18-56-19-17-48)33(50)23-31(40(30)52)47-43(53)35-14-9-13-34(57-35)41(59-44(45)54)27(3)22-26(2)39(51)36(21-25)55-4/h8-9,11-14,22-26,34,36,39,41,46,51H,5,7,15-21H2,1-4H3,(H2,45,54)(H,47,53)/b27-22+/t25-,26+,34+,36-,39-,41+/m1/s1. The molecule has 4 aliphatic rings. The number of hydrogen-bond donors (Lipinski definition) is 4. The van der Waals surface area contributed by atoms with Crippen LogP contribution >= 0.6 is 0 Å². The third-order valence-electron chi connectivity index (χ3n) is 10.6. The van der Waals surface area contributed by atoms with Crippen molar-refractivity contribution in [3.8, 4) is 11.8 Å². The normalized spacial score (nSPS) is 26.3. The third-order valence-corrected chi connectivity index (χ3v) is 10.6. The maximum absolute atomic E-state index is 14.1. The first-order chi connectivity index (χ1) is 28.3. The molecule has 0 saturated carbocycles. The summed E-state index contributed by atoms with van der Waals surface area (Å²) in [6, 6.07) is 6.77. The van der Waals surface area contributed by atoms with Gasteiger partial charge in [0.05, 0.1) is 47.8 Å². The third kappa shape index (κ3) is 10.2. The van der Waals surface area contributed by atoms with Gasteiger partial charge in [0, 0.05) is 56.8 Å². The number of nitrogens with one attached hydrogen (secondary N) is 2. The molecule has 0 unspecified atom stereocenters. The average Bonchev–Trinajstić information content (AvgIpc) is 3.22. The molecule has 3 aliphatic heterocycles. The first-order valence-corrected chi connectivity index (χ1v) is 19.7. The lowest BCUT2D eigenvalue weighted by molar-refractivity contribution is -0.123. The van der Waals surface area contributed by atoms with Crippen LogP contribution in [0.25, 0.3) is 11.0 Å². The monoisotopic (exact) mass is 810 g/mol. The molecule has 4 bridgehead atoms. The maximum Gasteiger partial charge on any atom is 0.405 e. The zero-order valence-corrected chi connectivity index (χ0v) is 33.6. The summed E-state index contributed by atoms with van der Waals surface area (Å²) in [7, 11) is 1.49. The number of fused-ring (bicyclic) bond motifs is 5. The summed E-state index contributed by atoms with van der Waals surface area (Å²) in [5, 5.41) is 17.6. The fraction of sp³-hybridized carbons (Fsp3) is 0.432. The molecule has 15 heteroatoms. The molecule has 1 fully saturated rings. The largest absolute Gasteiger partial charge is 0.476 e. The van der Waals surface area contributed by atoms with Crippen molar-refractivity contribution in [2.24, 2.45) is 17.6 Å². The summed E-state index contributed by atoms with van der Waals surface area (Å²) in [5.74, 6) is 3.95. The number of Topliss-reactive ketones (excluding diaryl/α,β-unsaturated/α-hetero) is 1. The molecule has 6 rings (SSSR count). The molecule has 1 aromatic carbocycles. The van der Waals surface area contributed by atoms with Crippen LogP contribution in [0.3, 0.4) is 0 Å². The van der Waals surface area contributed by atoms with Crippen LogP contribution in [0, 0.1) is 23.7 Å². The lowest BCUT2D eigenvalue weighted by Crippen LogP contribution is -2.40. The number of para-hydroxylation sites is 1. The number of ketones is 2. The van der Waals surface area contributed by atoms with Gasteiger partial charge in [-0.15, -0.1) is 0 Å². The van der Waals surface area contributed by atoms with Crippen LogP contribution in [0.2, 0.25) is 0 Å². The van der Waals surface area contributed by atoms with Crippen LogP contribution in [0.15, 0.2) is 92.2 Å². The van der Waals surface area contributed by atoms with Crippen LogP contribution in [0.5, 0.6) is 0 Å². The summed E-state index contributed by atoms with van der Waals surface area (Å²) in [4.78, 5) is 68.1. The number of carbonyl (C=O) groups excluding carboxylic acids is 4. The molecule has 0 radical (unpaired) electrons. The van der Waals surface area contributed by atoms with E-state index < -0.39 is 53.9 Å². The van der Waals surface area contributed by atoms with Gasteiger partial charge in [-0.25, -0.2) is 4.79 Å². The van der Waals surface area contributed by atoms with Gasteiger partial charge in [0.25, 0.3) is 5.91 Å². The van der Waals surface area contributed by atoms with Crippen molar-refractivity contribution >= 4 is 40.4 Å². The second kappa shape index (κ2) is 19.2. The minimum atomic E-state index is -1.06. The maximum atomic E-state index is 14.1. The number of morpholine rings is 1. The first kappa shape index (κ1) is 42.7. The number of benzene rings is 1. The number of allylic oxidation sites excluding steroid dienone is 4. The fourth-order valence-corrected chi connectivity index (χ4v) is 7.57.